The molecule has 0 atom stereocenters. The van der Waals surface area contributed by atoms with Crippen molar-refractivity contribution in [3.8, 4) is 0 Å². The molecule has 0 unspecified atom stereocenters. The van der Waals surface area contributed by atoms with Gasteiger partial charge in [-0.05, 0) is 64.2 Å². The Kier molecular flexibility index (Phi) is 32.2. The zero-order valence-electron chi connectivity index (χ0n) is 29.7. The molecule has 43 heavy (non-hydrogen) atoms. The van der Waals surface area contributed by atoms with Gasteiger partial charge in [0.25, 0.3) is 0 Å². The molecule has 254 valence electrons. The fraction of sp³-hybridized carbons (Fsp3) is 0.900. The zero-order valence-corrected chi connectivity index (χ0v) is 29.7. The predicted octanol–water partition coefficient (Wildman–Crippen LogP) is 12.6. The summed E-state index contributed by atoms with van der Waals surface area (Å²) in [5.41, 5.74) is 0. The molecule has 3 nitrogen and oxygen atoms in total. The lowest BCUT2D eigenvalue weighted by molar-refractivity contribution is -0.0913. The van der Waals surface area contributed by atoms with Crippen molar-refractivity contribution in [1.29, 1.82) is 0 Å². The Labute approximate surface area is 271 Å². The third kappa shape index (κ3) is 28.6. The normalized spacial score (nSPS) is 14.7. The molecule has 0 spiro atoms. The molecule has 1 heterocycles. The largest absolute Gasteiger partial charge is 0.379 e. The fourth-order valence-electron chi connectivity index (χ4n) is 6.31. The number of hydrogen-bond donors (Lipinski definition) is 0. The number of nitrogens with zero attached hydrogens (tertiary/aromatic N) is 2. The van der Waals surface area contributed by atoms with Crippen molar-refractivity contribution >= 4 is 0 Å². The summed E-state index contributed by atoms with van der Waals surface area (Å²) in [4.78, 5) is 0. The minimum absolute atomic E-state index is 0.900. The molecule has 0 aromatic heterocycles. The van der Waals surface area contributed by atoms with Gasteiger partial charge in [0.2, 0.25) is 0 Å². The van der Waals surface area contributed by atoms with Crippen LogP contribution in [0.3, 0.4) is 0 Å². The Morgan fingerprint density at radius 1 is 0.419 bits per heavy atom. The van der Waals surface area contributed by atoms with E-state index >= 15 is 0 Å². The molecule has 0 amide bonds. The van der Waals surface area contributed by atoms with Gasteiger partial charge in [-0.3, -0.25) is 0 Å². The van der Waals surface area contributed by atoms with E-state index in [4.69, 9.17) is 4.74 Å². The number of rotatable bonds is 33. The van der Waals surface area contributed by atoms with Crippen molar-refractivity contribution in [2.45, 2.75) is 194 Å². The van der Waals surface area contributed by atoms with Crippen LogP contribution in [0.15, 0.2) is 24.3 Å². The van der Waals surface area contributed by atoms with E-state index in [1.807, 2.05) is 0 Å². The van der Waals surface area contributed by atoms with E-state index in [1.165, 1.54) is 193 Å². The highest BCUT2D eigenvalue weighted by molar-refractivity contribution is 4.82. The molecule has 0 bridgehead atoms. The summed E-state index contributed by atoms with van der Waals surface area (Å²) in [5.74, 6) is 0. The Hall–Kier alpha value is -0.640. The van der Waals surface area contributed by atoms with Crippen LogP contribution in [0.1, 0.15) is 194 Å². The third-order valence-electron chi connectivity index (χ3n) is 9.24. The number of unbranched alkanes of at least 4 members (excludes halogenated alkanes) is 24. The van der Waals surface area contributed by atoms with Gasteiger partial charge >= 0.3 is 0 Å². The molecule has 1 rings (SSSR count). The van der Waals surface area contributed by atoms with Crippen LogP contribution in [0.2, 0.25) is 0 Å². The smallest absolute Gasteiger partial charge is 0.0608 e. The molecule has 1 aliphatic rings. The molecule has 3 heteroatoms. The van der Waals surface area contributed by atoms with Crippen LogP contribution < -0.4 is 0 Å². The average molecular weight is 603 g/mol. The molecule has 0 aromatic rings. The van der Waals surface area contributed by atoms with E-state index in [0.29, 0.717) is 0 Å². The van der Waals surface area contributed by atoms with Crippen LogP contribution in [0.25, 0.3) is 0 Å². The van der Waals surface area contributed by atoms with E-state index in [1.54, 1.807) is 0 Å². The van der Waals surface area contributed by atoms with Crippen molar-refractivity contribution in [3.05, 3.63) is 24.3 Å². The summed E-state index contributed by atoms with van der Waals surface area (Å²) in [6.45, 7) is 11.0. The Morgan fingerprint density at radius 3 is 1.07 bits per heavy atom. The van der Waals surface area contributed by atoms with Gasteiger partial charge < -0.3 is 4.74 Å². The van der Waals surface area contributed by atoms with Gasteiger partial charge in [-0.1, -0.05) is 154 Å². The first-order valence-corrected chi connectivity index (χ1v) is 19.8. The Morgan fingerprint density at radius 2 is 0.721 bits per heavy atom. The molecule has 0 aliphatic carbocycles. The standard InChI is InChI=1S/C40H78N2O/c1-3-5-7-9-11-13-15-17-19-21-23-25-27-29-31-33-35-41(42-37-39-43-40-38-42)36-34-32-30-28-26-24-22-20-18-16-14-12-10-8-6-4-2/h17-20H,3-16,21-40H2,1-2H3. The summed E-state index contributed by atoms with van der Waals surface area (Å²) in [7, 11) is 0. The molecule has 1 saturated heterocycles. The molecule has 1 fully saturated rings. The monoisotopic (exact) mass is 603 g/mol. The van der Waals surface area contributed by atoms with Crippen molar-refractivity contribution < 1.29 is 4.74 Å². The van der Waals surface area contributed by atoms with Crippen LogP contribution in [0.5, 0.6) is 0 Å². The van der Waals surface area contributed by atoms with Gasteiger partial charge in [0.05, 0.1) is 13.2 Å². The maximum atomic E-state index is 5.64. The highest BCUT2D eigenvalue weighted by Gasteiger charge is 2.17. The lowest BCUT2D eigenvalue weighted by Gasteiger charge is -2.37. The molecule has 0 N–H and O–H groups in total. The van der Waals surface area contributed by atoms with E-state index < -0.39 is 0 Å². The summed E-state index contributed by atoms with van der Waals surface area (Å²) < 4.78 is 5.64. The first kappa shape index (κ1) is 40.4. The third-order valence-corrected chi connectivity index (χ3v) is 9.24. The summed E-state index contributed by atoms with van der Waals surface area (Å²) in [6.07, 6.45) is 48.5. The van der Waals surface area contributed by atoms with Gasteiger partial charge in [0.15, 0.2) is 0 Å². The van der Waals surface area contributed by atoms with Crippen molar-refractivity contribution in [1.82, 2.24) is 10.0 Å². The molecular formula is C40H78N2O. The average Bonchev–Trinajstić information content (AvgIpc) is 3.03. The van der Waals surface area contributed by atoms with Crippen molar-refractivity contribution in [2.75, 3.05) is 39.4 Å². The Balaban J connectivity index is 1.98. The number of hydrogen-bond acceptors (Lipinski definition) is 3. The molecular weight excluding hydrogens is 524 g/mol. The van der Waals surface area contributed by atoms with Crippen LogP contribution >= 0.6 is 0 Å². The lowest BCUT2D eigenvalue weighted by Crippen LogP contribution is -2.49. The van der Waals surface area contributed by atoms with E-state index in [-0.39, 0.29) is 0 Å². The lowest BCUT2D eigenvalue weighted by atomic mass is 10.1. The highest BCUT2D eigenvalue weighted by Crippen LogP contribution is 2.14. The Bertz CT molecular complexity index is 541. The number of allylic oxidation sites excluding steroid dienone is 4. The second-order valence-corrected chi connectivity index (χ2v) is 13.4. The first-order valence-electron chi connectivity index (χ1n) is 19.8. The quantitative estimate of drug-likeness (QED) is 0.0549. The van der Waals surface area contributed by atoms with Crippen molar-refractivity contribution in [3.63, 3.8) is 0 Å². The van der Waals surface area contributed by atoms with E-state index in [9.17, 15) is 0 Å². The second kappa shape index (κ2) is 34.2. The molecule has 0 aromatic carbocycles. The topological polar surface area (TPSA) is 15.7 Å². The SMILES string of the molecule is CCCCCCCCC=CCCCCCCCCN(CCCCCCCCC=CCCCCCCCC)N1CCOCC1. The van der Waals surface area contributed by atoms with Crippen LogP contribution in [-0.2, 0) is 4.74 Å². The highest BCUT2D eigenvalue weighted by atomic mass is 16.5. The van der Waals surface area contributed by atoms with Gasteiger partial charge in [0, 0.05) is 26.2 Å². The number of hydrazine groups is 1. The van der Waals surface area contributed by atoms with E-state index in [2.05, 4.69) is 48.2 Å². The second-order valence-electron chi connectivity index (χ2n) is 13.4. The van der Waals surface area contributed by atoms with Gasteiger partial charge in [-0.15, -0.1) is 0 Å². The fourth-order valence-corrected chi connectivity index (χ4v) is 6.31. The van der Waals surface area contributed by atoms with Gasteiger partial charge in [0.1, 0.15) is 0 Å². The molecule has 0 saturated carbocycles. The summed E-state index contributed by atoms with van der Waals surface area (Å²) in [6, 6.07) is 0. The van der Waals surface area contributed by atoms with Crippen LogP contribution in [0, 0.1) is 0 Å². The maximum absolute atomic E-state index is 5.64. The molecule has 0 radical (unpaired) electrons. The molecule has 1 aliphatic heterocycles. The summed E-state index contributed by atoms with van der Waals surface area (Å²) >= 11 is 0. The predicted molar refractivity (Wildman–Crippen MR) is 193 cm³/mol. The summed E-state index contributed by atoms with van der Waals surface area (Å²) in [5, 5.41) is 5.28. The number of morpholine rings is 1. The maximum Gasteiger partial charge on any atom is 0.0608 e. The van der Waals surface area contributed by atoms with Crippen LogP contribution in [-0.4, -0.2) is 49.4 Å². The van der Waals surface area contributed by atoms with Crippen molar-refractivity contribution in [2.24, 2.45) is 0 Å². The number of ether oxygens (including phenoxy) is 1. The first-order chi connectivity index (χ1) is 21.4. The van der Waals surface area contributed by atoms with Gasteiger partial charge in [-0.25, -0.2) is 10.0 Å². The van der Waals surface area contributed by atoms with Crippen LogP contribution in [0.4, 0.5) is 0 Å². The van der Waals surface area contributed by atoms with E-state index in [0.717, 1.165) is 26.3 Å². The zero-order chi connectivity index (χ0) is 30.7. The minimum atomic E-state index is 0.900. The minimum Gasteiger partial charge on any atom is -0.379 e. The van der Waals surface area contributed by atoms with Gasteiger partial charge in [-0.2, -0.15) is 0 Å².